The molecule has 0 saturated carbocycles. The smallest absolute Gasteiger partial charge is 0.423 e. The molecule has 0 aliphatic heterocycles. The maximum atomic E-state index is 9.86. The van der Waals surface area contributed by atoms with Crippen molar-refractivity contribution in [3.8, 4) is 0 Å². The highest BCUT2D eigenvalue weighted by molar-refractivity contribution is 8.24. The minimum absolute atomic E-state index is 1.61. The van der Waals surface area contributed by atoms with Crippen LogP contribution >= 0.6 is 12.1 Å². The maximum Gasteiger partial charge on any atom is 0.588 e. The van der Waals surface area contributed by atoms with Crippen molar-refractivity contribution in [2.24, 2.45) is 0 Å². The molecule has 0 aromatic carbocycles. The van der Waals surface area contributed by atoms with Crippen LogP contribution in [0.15, 0.2) is 0 Å². The topological polar surface area (TPSA) is 46.5 Å². The summed E-state index contributed by atoms with van der Waals surface area (Å²) in [6.45, 7) is 0. The van der Waals surface area contributed by atoms with Crippen molar-refractivity contribution in [1.82, 2.24) is 0 Å². The fourth-order valence-electron chi connectivity index (χ4n) is 0.0610. The third kappa shape index (κ3) is 6.70. The highest BCUT2D eigenvalue weighted by atomic mass is 32.8. The van der Waals surface area contributed by atoms with E-state index in [0.717, 1.165) is 0 Å². The van der Waals surface area contributed by atoms with Gasteiger partial charge in [-0.1, -0.05) is 12.1 Å². The zero-order chi connectivity index (χ0) is 5.86. The standard InChI is InChI=1S/H2O3S3Si/c1-6(4)3-7(2)5/h5H,(H,1,4). The van der Waals surface area contributed by atoms with Crippen LogP contribution in [0.25, 0.3) is 0 Å². The molecular weight excluding hydrogens is 172 g/mol. The molecule has 3 nitrogen and oxygen atoms in total. The Morgan fingerprint density at radius 2 is 2.43 bits per heavy atom. The molecule has 0 saturated heterocycles. The molecule has 0 amide bonds. The predicted octanol–water partition coefficient (Wildman–Crippen LogP) is -0.184. The van der Waals surface area contributed by atoms with Gasteiger partial charge in [0, 0.05) is 11.2 Å². The molecule has 7 heavy (non-hydrogen) atoms. The van der Waals surface area contributed by atoms with Gasteiger partial charge in [0.2, 0.25) is 0 Å². The van der Waals surface area contributed by atoms with E-state index in [9.17, 15) is 4.46 Å². The van der Waals surface area contributed by atoms with E-state index < -0.39 is 18.1 Å². The van der Waals surface area contributed by atoms with E-state index in [2.05, 4.69) is 27.1 Å². The molecule has 0 bridgehead atoms. The molecule has 0 spiro atoms. The fraction of sp³-hybridized carbons (Fsp3) is 0. The monoisotopic (exact) mass is 174 g/mol. The van der Waals surface area contributed by atoms with Gasteiger partial charge in [-0.25, -0.2) is 0 Å². The molecule has 0 rings (SSSR count). The summed E-state index contributed by atoms with van der Waals surface area (Å²) in [7, 11) is -3.94. The highest BCUT2D eigenvalue weighted by Gasteiger charge is 1.97. The summed E-state index contributed by atoms with van der Waals surface area (Å²) in [4.78, 5) is 0. The van der Waals surface area contributed by atoms with Gasteiger partial charge in [0.15, 0.2) is 10.0 Å². The van der Waals surface area contributed by atoms with Gasteiger partial charge in [-0.15, -0.1) is 0 Å². The zero-order valence-corrected chi connectivity index (χ0v) is 6.55. The van der Waals surface area contributed by atoms with Gasteiger partial charge in [0.25, 0.3) is 0 Å². The van der Waals surface area contributed by atoms with Crippen molar-refractivity contribution in [1.29, 1.82) is 0 Å². The van der Waals surface area contributed by atoms with Gasteiger partial charge < -0.3 is 8.33 Å². The van der Waals surface area contributed by atoms with Crippen LogP contribution < -0.4 is 0 Å². The lowest BCUT2D eigenvalue weighted by molar-refractivity contribution is 0.475. The molecule has 1 atom stereocenters. The lowest BCUT2D eigenvalue weighted by Crippen LogP contribution is -1.99. The molecule has 0 aliphatic carbocycles. The average Bonchev–Trinajstić information content (AvgIpc) is 1.27. The molecule has 0 radical (unpaired) electrons. The van der Waals surface area contributed by atoms with Gasteiger partial charge in [-0.2, -0.15) is 0 Å². The summed E-state index contributed by atoms with van der Waals surface area (Å²) in [6, 6.07) is 0. The Balaban J connectivity index is 3.32. The number of rotatable bonds is 2. The van der Waals surface area contributed by atoms with Crippen molar-refractivity contribution in [3.63, 3.8) is 0 Å². The first-order valence-electron chi connectivity index (χ1n) is 1.15. The molecule has 0 fully saturated rings. The Hall–Kier alpha value is 0.697. The van der Waals surface area contributed by atoms with Gasteiger partial charge in [-0.3, -0.25) is 4.55 Å². The van der Waals surface area contributed by atoms with Crippen LogP contribution in [0.4, 0.5) is 0 Å². The van der Waals surface area contributed by atoms with Crippen LogP contribution in [-0.2, 0) is 29.5 Å². The third-order valence-corrected chi connectivity index (χ3v) is 2.57. The van der Waals surface area contributed by atoms with Crippen LogP contribution in [0, 0.1) is 0 Å². The SMILES string of the molecule is O=[Si](S)OS(O)=S. The Morgan fingerprint density at radius 3 is 2.43 bits per heavy atom. The molecule has 0 aromatic heterocycles. The van der Waals surface area contributed by atoms with Crippen molar-refractivity contribution in [3.05, 3.63) is 0 Å². The third-order valence-electron chi connectivity index (χ3n) is 0.143. The quantitative estimate of drug-likeness (QED) is 0.450. The van der Waals surface area contributed by atoms with E-state index >= 15 is 0 Å². The minimum Gasteiger partial charge on any atom is -0.423 e. The molecule has 0 aromatic rings. The van der Waals surface area contributed by atoms with Crippen LogP contribution in [0.5, 0.6) is 0 Å². The minimum atomic E-state index is -2.33. The first-order valence-corrected chi connectivity index (χ1v) is 5.78. The summed E-state index contributed by atoms with van der Waals surface area (Å²) >= 11 is 7.43. The Labute approximate surface area is 54.5 Å². The Morgan fingerprint density at radius 1 is 2.00 bits per heavy atom. The first kappa shape index (κ1) is 7.70. The van der Waals surface area contributed by atoms with E-state index in [0.29, 0.717) is 0 Å². The molecule has 1 N–H and O–H groups in total. The molecular formula is H2O3S3Si. The lowest BCUT2D eigenvalue weighted by atomic mass is 15.8. The Kier molecular flexibility index (Phi) is 4.03. The van der Waals surface area contributed by atoms with E-state index in [-0.39, 0.29) is 0 Å². The normalized spacial score (nSPS) is 12.9. The summed E-state index contributed by atoms with van der Waals surface area (Å²) in [5.41, 5.74) is 0. The highest BCUT2D eigenvalue weighted by Crippen LogP contribution is 1.81. The van der Waals surface area contributed by atoms with E-state index in [4.69, 9.17) is 4.55 Å². The largest absolute Gasteiger partial charge is 0.588 e. The number of hydrogen-bond donors (Lipinski definition) is 2. The van der Waals surface area contributed by atoms with E-state index in [1.165, 1.54) is 0 Å². The van der Waals surface area contributed by atoms with Gasteiger partial charge in [-0.05, 0) is 0 Å². The first-order chi connectivity index (χ1) is 3.13. The van der Waals surface area contributed by atoms with E-state index in [1.54, 1.807) is 0 Å². The Bertz CT molecular complexity index is 86.4. The van der Waals surface area contributed by atoms with Crippen molar-refractivity contribution in [2.45, 2.75) is 0 Å². The zero-order valence-electron chi connectivity index (χ0n) is 3.03. The van der Waals surface area contributed by atoms with Crippen molar-refractivity contribution < 1.29 is 12.9 Å². The van der Waals surface area contributed by atoms with Crippen LogP contribution in [-0.4, -0.2) is 12.6 Å². The number of hydrogen-bond acceptors (Lipinski definition) is 3. The summed E-state index contributed by atoms with van der Waals surface area (Å²) < 4.78 is 22.0. The predicted molar refractivity (Wildman–Crippen MR) is 33.9 cm³/mol. The number of thiol groups is 1. The average molecular weight is 174 g/mol. The van der Waals surface area contributed by atoms with Crippen molar-refractivity contribution in [2.75, 3.05) is 0 Å². The second kappa shape index (κ2) is 3.67. The second-order valence-corrected chi connectivity index (χ2v) is 4.15. The fourth-order valence-corrected chi connectivity index (χ4v) is 2.19. The molecule has 1 unspecified atom stereocenters. The second-order valence-electron chi connectivity index (χ2n) is 0.566. The van der Waals surface area contributed by atoms with Gasteiger partial charge in [0.1, 0.15) is 0 Å². The van der Waals surface area contributed by atoms with Gasteiger partial charge >= 0.3 is 8.08 Å². The van der Waals surface area contributed by atoms with Crippen LogP contribution in [0.2, 0.25) is 0 Å². The molecule has 0 heterocycles. The molecule has 0 aliphatic rings. The lowest BCUT2D eigenvalue weighted by Gasteiger charge is -1.89. The summed E-state index contributed by atoms with van der Waals surface area (Å²) in [6.07, 6.45) is 0. The van der Waals surface area contributed by atoms with Gasteiger partial charge in [0.05, 0.1) is 0 Å². The van der Waals surface area contributed by atoms with Crippen LogP contribution in [0.3, 0.4) is 0 Å². The summed E-state index contributed by atoms with van der Waals surface area (Å²) in [5.74, 6) is 0. The van der Waals surface area contributed by atoms with E-state index in [1.807, 2.05) is 0 Å². The summed E-state index contributed by atoms with van der Waals surface area (Å²) in [5, 5.41) is 0. The maximum absolute atomic E-state index is 9.86. The molecule has 7 heteroatoms. The molecule has 42 valence electrons. The van der Waals surface area contributed by atoms with Crippen molar-refractivity contribution >= 4 is 41.4 Å². The van der Waals surface area contributed by atoms with Crippen LogP contribution in [0.1, 0.15) is 0 Å².